The van der Waals surface area contributed by atoms with Crippen LogP contribution in [-0.2, 0) is 0 Å². The molecule has 6 nitrogen and oxygen atoms in total. The van der Waals surface area contributed by atoms with E-state index in [1.807, 2.05) is 0 Å². The topological polar surface area (TPSA) is 74.8 Å². The number of hydrogen-bond acceptors (Lipinski definition) is 10. The average molecular weight is 587 g/mol. The largest absolute Gasteiger partial charge is 0.274 e. The maximum absolute atomic E-state index is 13.4. The van der Waals surface area contributed by atoms with Crippen LogP contribution in [0.4, 0.5) is 0 Å². The molecule has 0 saturated carbocycles. The number of hydrogen-bond donors (Lipinski definition) is 0. The summed E-state index contributed by atoms with van der Waals surface area (Å²) in [5, 5.41) is 5.10. The van der Waals surface area contributed by atoms with Gasteiger partial charge in [0.15, 0.2) is 0 Å². The molecule has 0 atom stereocenters. The van der Waals surface area contributed by atoms with Crippen LogP contribution in [0.2, 0.25) is 0 Å². The van der Waals surface area contributed by atoms with Crippen LogP contribution in [0.5, 0.6) is 0 Å². The van der Waals surface area contributed by atoms with Crippen molar-refractivity contribution < 1.29 is 19.2 Å². The first kappa shape index (κ1) is 23.4. The molecule has 36 heavy (non-hydrogen) atoms. The lowest BCUT2D eigenvalue weighted by atomic mass is 9.86. The van der Waals surface area contributed by atoms with Gasteiger partial charge in [0.2, 0.25) is 0 Å². The summed E-state index contributed by atoms with van der Waals surface area (Å²) in [4.78, 5) is 56.2. The number of nitrogens with zero attached hydrogens (tertiary/aromatic N) is 2. The first-order chi connectivity index (χ1) is 17.5. The van der Waals surface area contributed by atoms with Gasteiger partial charge < -0.3 is 0 Å². The summed E-state index contributed by atoms with van der Waals surface area (Å²) >= 11 is 10.1. The molecule has 0 aliphatic carbocycles. The number of rotatable bonds is 0. The van der Waals surface area contributed by atoms with E-state index < -0.39 is 0 Å². The normalized spacial score (nSPS) is 23.7. The molecule has 8 heterocycles. The van der Waals surface area contributed by atoms with Gasteiger partial charge in [0.25, 0.3) is 23.6 Å². The fourth-order valence-corrected chi connectivity index (χ4v) is 12.3. The average Bonchev–Trinajstić information content (AvgIpc) is 3.54. The van der Waals surface area contributed by atoms with E-state index in [4.69, 9.17) is 0 Å². The van der Waals surface area contributed by atoms with E-state index in [1.165, 1.54) is 18.3 Å². The maximum atomic E-state index is 13.4. The summed E-state index contributed by atoms with van der Waals surface area (Å²) < 4.78 is 4.78. The van der Waals surface area contributed by atoms with Gasteiger partial charge >= 0.3 is 0 Å². The van der Waals surface area contributed by atoms with Crippen molar-refractivity contribution in [1.82, 2.24) is 9.80 Å². The molecule has 12 bridgehead atoms. The maximum Gasteiger partial charge on any atom is 0.261 e. The van der Waals surface area contributed by atoms with E-state index in [1.54, 1.807) is 94.8 Å². The lowest BCUT2D eigenvalue weighted by molar-refractivity contribution is 0.0599. The Morgan fingerprint density at radius 1 is 0.556 bits per heavy atom. The van der Waals surface area contributed by atoms with Crippen molar-refractivity contribution in [1.29, 1.82) is 0 Å². The van der Waals surface area contributed by atoms with Crippen molar-refractivity contribution >= 4 is 105 Å². The van der Waals surface area contributed by atoms with Gasteiger partial charge in [-0.05, 0) is 35.1 Å². The standard InChI is InChI=1S/C24H14N2O4S6/c27-19-11-1-2-12-18-14-4-3-13(17(11)18)21(29)25(19)5-7-31-15-9-33-23(35-15)24-34-10-16(36-24)32-8-6-26(20(12)28)22(14)30/h1-4,9-10H,5-8H2/b24-23+. The van der Waals surface area contributed by atoms with Crippen LogP contribution in [0.25, 0.3) is 10.8 Å². The minimum absolute atomic E-state index is 0.277. The van der Waals surface area contributed by atoms with Crippen LogP contribution in [0.1, 0.15) is 41.4 Å². The minimum Gasteiger partial charge on any atom is -0.274 e. The second kappa shape index (κ2) is 8.95. The van der Waals surface area contributed by atoms with Crippen molar-refractivity contribution in [2.24, 2.45) is 0 Å². The van der Waals surface area contributed by atoms with Gasteiger partial charge in [0.05, 0.1) is 16.9 Å². The molecule has 4 amide bonds. The molecule has 0 unspecified atom stereocenters. The first-order valence-electron chi connectivity index (χ1n) is 10.9. The summed E-state index contributed by atoms with van der Waals surface area (Å²) in [7, 11) is 0. The predicted octanol–water partition coefficient (Wildman–Crippen LogP) is 6.20. The highest BCUT2D eigenvalue weighted by Gasteiger charge is 2.39. The lowest BCUT2D eigenvalue weighted by Gasteiger charge is -2.31. The fourth-order valence-electron chi connectivity index (χ4n) is 4.64. The summed E-state index contributed by atoms with van der Waals surface area (Å²) in [5.74, 6) is -0.362. The minimum atomic E-state index is -0.382. The highest BCUT2D eigenvalue weighted by Crippen LogP contribution is 2.58. The molecule has 180 valence electrons. The van der Waals surface area contributed by atoms with Gasteiger partial charge in [-0.1, -0.05) is 47.0 Å². The molecule has 0 aromatic heterocycles. The van der Waals surface area contributed by atoms with Gasteiger partial charge in [0, 0.05) is 57.6 Å². The van der Waals surface area contributed by atoms with Crippen molar-refractivity contribution in [3.63, 3.8) is 0 Å². The molecule has 0 fully saturated rings. The van der Waals surface area contributed by atoms with Crippen LogP contribution >= 0.6 is 70.6 Å². The van der Waals surface area contributed by atoms with Crippen LogP contribution in [0.15, 0.2) is 52.0 Å². The van der Waals surface area contributed by atoms with Gasteiger partial charge in [0.1, 0.15) is 0 Å². The summed E-state index contributed by atoms with van der Waals surface area (Å²) in [6.45, 7) is 0.553. The SMILES string of the molecule is O=C1c2ccc3c4c5ccc(c24)C(=O)N1CCSC1=CS/C(=C2/SC=C(SCCN(C3=O)C5=O)S2)S1. The molecule has 8 aliphatic heterocycles. The Labute approximate surface area is 231 Å². The molecule has 0 N–H and O–H groups in total. The second-order valence-corrected chi connectivity index (χ2v) is 15.4. The second-order valence-electron chi connectivity index (χ2n) is 8.18. The molecular weight excluding hydrogens is 573 g/mol. The number of benzene rings is 2. The third-order valence-corrected chi connectivity index (χ3v) is 14.2. The zero-order valence-electron chi connectivity index (χ0n) is 18.3. The molecule has 10 rings (SSSR count). The Morgan fingerprint density at radius 2 is 0.917 bits per heavy atom. The zero-order chi connectivity index (χ0) is 24.6. The number of carbonyl (C=O) groups is 4. The predicted molar refractivity (Wildman–Crippen MR) is 153 cm³/mol. The van der Waals surface area contributed by atoms with E-state index in [0.29, 0.717) is 44.5 Å². The van der Waals surface area contributed by atoms with E-state index >= 15 is 0 Å². The quantitative estimate of drug-likeness (QED) is 0.333. The van der Waals surface area contributed by atoms with Crippen LogP contribution in [0, 0.1) is 0 Å². The molecule has 0 spiro atoms. The van der Waals surface area contributed by atoms with Gasteiger partial charge in [-0.15, -0.1) is 23.5 Å². The van der Waals surface area contributed by atoms with Crippen LogP contribution < -0.4 is 0 Å². The van der Waals surface area contributed by atoms with Crippen LogP contribution in [-0.4, -0.2) is 58.0 Å². The number of thioether (sulfide) groups is 6. The Balaban J connectivity index is 1.32. The highest BCUT2D eigenvalue weighted by molar-refractivity contribution is 8.40. The van der Waals surface area contributed by atoms with Crippen molar-refractivity contribution in [2.75, 3.05) is 24.6 Å². The molecule has 2 aromatic carbocycles. The van der Waals surface area contributed by atoms with Crippen molar-refractivity contribution in [3.05, 3.63) is 74.3 Å². The number of carbonyl (C=O) groups excluding carboxylic acids is 4. The number of amides is 4. The summed E-state index contributed by atoms with van der Waals surface area (Å²) in [6.07, 6.45) is 0. The monoisotopic (exact) mass is 586 g/mol. The Morgan fingerprint density at radius 3 is 1.28 bits per heavy atom. The van der Waals surface area contributed by atoms with E-state index in [-0.39, 0.29) is 36.7 Å². The zero-order valence-corrected chi connectivity index (χ0v) is 23.2. The first-order valence-corrected chi connectivity index (χ1v) is 16.3. The van der Waals surface area contributed by atoms with Crippen molar-refractivity contribution in [2.45, 2.75) is 0 Å². The molecular formula is C24H14N2O4S6. The Kier molecular flexibility index (Phi) is 5.82. The van der Waals surface area contributed by atoms with Gasteiger partial charge in [-0.3, -0.25) is 29.0 Å². The summed E-state index contributed by atoms with van der Waals surface area (Å²) in [5.41, 5.74) is 1.46. The highest BCUT2D eigenvalue weighted by atomic mass is 32.2. The van der Waals surface area contributed by atoms with E-state index in [0.717, 1.165) is 8.47 Å². The third kappa shape index (κ3) is 3.56. The molecule has 8 aliphatic rings. The van der Waals surface area contributed by atoms with E-state index in [2.05, 4.69) is 10.8 Å². The molecule has 0 radical (unpaired) electrons. The number of fused-ring (bicyclic) bond motifs is 2. The molecule has 12 heteroatoms. The summed E-state index contributed by atoms with van der Waals surface area (Å²) in [6, 6.07) is 6.50. The smallest absolute Gasteiger partial charge is 0.261 e. The Bertz CT molecular complexity index is 1360. The lowest BCUT2D eigenvalue weighted by Crippen LogP contribution is -2.44. The molecule has 2 aromatic rings. The molecule has 0 saturated heterocycles. The Hall–Kier alpha value is -1.70. The van der Waals surface area contributed by atoms with Gasteiger partial charge in [-0.25, -0.2) is 0 Å². The fraction of sp³-hybridized carbons (Fsp3) is 0.167. The van der Waals surface area contributed by atoms with Gasteiger partial charge in [-0.2, -0.15) is 0 Å². The van der Waals surface area contributed by atoms with Crippen LogP contribution in [0.3, 0.4) is 0 Å². The van der Waals surface area contributed by atoms with E-state index in [9.17, 15) is 19.2 Å². The third-order valence-electron chi connectivity index (χ3n) is 6.26. The number of imide groups is 2. The van der Waals surface area contributed by atoms with Crippen molar-refractivity contribution in [3.8, 4) is 0 Å².